The van der Waals surface area contributed by atoms with E-state index < -0.39 is 0 Å². The number of rotatable bonds is 5. The Morgan fingerprint density at radius 1 is 1.21 bits per heavy atom. The number of aryl methyl sites for hydroxylation is 1. The number of nitrogens with one attached hydrogen (secondary N) is 1. The molecule has 4 heteroatoms. The van der Waals surface area contributed by atoms with Crippen LogP contribution in [0.15, 0.2) is 42.7 Å². The Morgan fingerprint density at radius 3 is 2.71 bits per heavy atom. The molecule has 0 saturated heterocycles. The number of amides is 1. The lowest BCUT2D eigenvalue weighted by atomic mass is 9.79. The Hall–Kier alpha value is -2.20. The second-order valence-electron chi connectivity index (χ2n) is 7.00. The van der Waals surface area contributed by atoms with Gasteiger partial charge in [0.25, 0.3) is 5.91 Å². The van der Waals surface area contributed by atoms with Gasteiger partial charge in [-0.3, -0.25) is 9.78 Å². The molecule has 1 aliphatic carbocycles. The van der Waals surface area contributed by atoms with E-state index in [0.29, 0.717) is 17.5 Å². The summed E-state index contributed by atoms with van der Waals surface area (Å²) in [6, 6.07) is 10.8. The summed E-state index contributed by atoms with van der Waals surface area (Å²) >= 11 is 0. The predicted octanol–water partition coefficient (Wildman–Crippen LogP) is 3.13. The number of hydrogen-bond acceptors (Lipinski definition) is 3. The Balaban J connectivity index is 1.61. The van der Waals surface area contributed by atoms with Crippen molar-refractivity contribution in [3.05, 3.63) is 53.9 Å². The highest BCUT2D eigenvalue weighted by Gasteiger charge is 2.30. The minimum Gasteiger partial charge on any atom is -0.352 e. The van der Waals surface area contributed by atoms with Crippen LogP contribution in [-0.4, -0.2) is 42.5 Å². The van der Waals surface area contributed by atoms with E-state index in [1.807, 2.05) is 18.2 Å². The largest absolute Gasteiger partial charge is 0.352 e. The molecule has 1 fully saturated rings. The third-order valence-electron chi connectivity index (χ3n) is 4.84. The molecule has 1 amide bonds. The van der Waals surface area contributed by atoms with Crippen LogP contribution in [0.2, 0.25) is 0 Å². The number of carbonyl (C=O) groups is 1. The van der Waals surface area contributed by atoms with Gasteiger partial charge in [0.2, 0.25) is 0 Å². The average Bonchev–Trinajstić information content (AvgIpc) is 2.53. The van der Waals surface area contributed by atoms with Crippen LogP contribution in [0.1, 0.15) is 28.8 Å². The fourth-order valence-electron chi connectivity index (χ4n) is 3.17. The van der Waals surface area contributed by atoms with Crippen molar-refractivity contribution in [1.29, 1.82) is 0 Å². The van der Waals surface area contributed by atoms with E-state index in [9.17, 15) is 4.79 Å². The van der Waals surface area contributed by atoms with E-state index in [1.165, 1.54) is 5.56 Å². The molecule has 0 spiro atoms. The molecule has 3 rings (SSSR count). The van der Waals surface area contributed by atoms with Crippen LogP contribution in [-0.2, 0) is 0 Å². The van der Waals surface area contributed by atoms with Crippen LogP contribution in [0.5, 0.6) is 0 Å². The maximum Gasteiger partial charge on any atom is 0.252 e. The van der Waals surface area contributed by atoms with Crippen molar-refractivity contribution in [3.8, 4) is 11.1 Å². The van der Waals surface area contributed by atoms with Gasteiger partial charge >= 0.3 is 0 Å². The number of aromatic nitrogens is 1. The van der Waals surface area contributed by atoms with Gasteiger partial charge in [-0.2, -0.15) is 0 Å². The number of nitrogens with zero attached hydrogens (tertiary/aromatic N) is 2. The zero-order valence-electron chi connectivity index (χ0n) is 14.6. The first kappa shape index (κ1) is 16.7. The minimum absolute atomic E-state index is 0.0368. The van der Waals surface area contributed by atoms with Crippen molar-refractivity contribution in [2.75, 3.05) is 20.6 Å². The normalized spacial score (nSPS) is 19.8. The quantitative estimate of drug-likeness (QED) is 0.919. The number of benzene rings is 1. The SMILES string of the molecule is Cc1cccc(-c2cncc(C(=O)NCC3CC(N(C)C)C3)c2)c1. The molecule has 0 atom stereocenters. The molecule has 24 heavy (non-hydrogen) atoms. The van der Waals surface area contributed by atoms with E-state index in [2.05, 4.69) is 48.4 Å². The molecule has 0 unspecified atom stereocenters. The van der Waals surface area contributed by atoms with Crippen molar-refractivity contribution in [3.63, 3.8) is 0 Å². The molecule has 1 aliphatic rings. The van der Waals surface area contributed by atoms with Crippen molar-refractivity contribution in [1.82, 2.24) is 15.2 Å². The smallest absolute Gasteiger partial charge is 0.252 e. The molecular formula is C20H25N3O. The second kappa shape index (κ2) is 7.14. The molecule has 2 aromatic rings. The lowest BCUT2D eigenvalue weighted by Crippen LogP contribution is -2.45. The van der Waals surface area contributed by atoms with E-state index in [1.54, 1.807) is 12.4 Å². The Kier molecular flexibility index (Phi) is 4.95. The third-order valence-corrected chi connectivity index (χ3v) is 4.84. The Morgan fingerprint density at radius 2 is 2.00 bits per heavy atom. The highest BCUT2D eigenvalue weighted by atomic mass is 16.1. The molecule has 1 heterocycles. The monoisotopic (exact) mass is 323 g/mol. The van der Waals surface area contributed by atoms with Crippen LogP contribution >= 0.6 is 0 Å². The number of hydrogen-bond donors (Lipinski definition) is 1. The van der Waals surface area contributed by atoms with Crippen LogP contribution < -0.4 is 5.32 Å². The van der Waals surface area contributed by atoms with E-state index in [0.717, 1.165) is 30.5 Å². The van der Waals surface area contributed by atoms with Gasteiger partial charge in [0.15, 0.2) is 0 Å². The highest BCUT2D eigenvalue weighted by molar-refractivity contribution is 5.95. The predicted molar refractivity (Wildman–Crippen MR) is 96.9 cm³/mol. The molecule has 0 aliphatic heterocycles. The van der Waals surface area contributed by atoms with Crippen molar-refractivity contribution in [2.24, 2.45) is 5.92 Å². The Bertz CT molecular complexity index is 720. The molecule has 1 aromatic carbocycles. The van der Waals surface area contributed by atoms with Gasteiger partial charge in [-0.1, -0.05) is 29.8 Å². The fourth-order valence-corrected chi connectivity index (χ4v) is 3.17. The zero-order chi connectivity index (χ0) is 17.1. The maximum atomic E-state index is 12.4. The molecular weight excluding hydrogens is 298 g/mol. The summed E-state index contributed by atoms with van der Waals surface area (Å²) in [4.78, 5) is 18.9. The summed E-state index contributed by atoms with van der Waals surface area (Å²) in [5.41, 5.74) is 3.88. The van der Waals surface area contributed by atoms with Gasteiger partial charge in [0.05, 0.1) is 5.56 Å². The molecule has 1 N–H and O–H groups in total. The highest BCUT2D eigenvalue weighted by Crippen LogP contribution is 2.29. The first-order valence-corrected chi connectivity index (χ1v) is 8.49. The summed E-state index contributed by atoms with van der Waals surface area (Å²) in [6.07, 6.45) is 5.76. The van der Waals surface area contributed by atoms with Gasteiger partial charge in [-0.25, -0.2) is 0 Å². The summed E-state index contributed by atoms with van der Waals surface area (Å²) < 4.78 is 0. The van der Waals surface area contributed by atoms with Crippen LogP contribution in [0.4, 0.5) is 0 Å². The van der Waals surface area contributed by atoms with Crippen LogP contribution in [0, 0.1) is 12.8 Å². The fraction of sp³-hybridized carbons (Fsp3) is 0.400. The van der Waals surface area contributed by atoms with Gasteiger partial charge in [-0.15, -0.1) is 0 Å². The standard InChI is InChI=1S/C20H25N3O/c1-14-5-4-6-16(7-14)17-10-18(13-21-12-17)20(24)22-11-15-8-19(9-15)23(2)3/h4-7,10,12-13,15,19H,8-9,11H2,1-3H3,(H,22,24). The van der Waals surface area contributed by atoms with Crippen LogP contribution in [0.25, 0.3) is 11.1 Å². The van der Waals surface area contributed by atoms with Gasteiger partial charge in [-0.05, 0) is 51.4 Å². The minimum atomic E-state index is -0.0368. The van der Waals surface area contributed by atoms with Crippen LogP contribution in [0.3, 0.4) is 0 Å². The third kappa shape index (κ3) is 3.82. The van der Waals surface area contributed by atoms with Gasteiger partial charge in [0, 0.05) is 30.5 Å². The molecule has 1 aromatic heterocycles. The first-order chi connectivity index (χ1) is 11.5. The topological polar surface area (TPSA) is 45.2 Å². The van der Waals surface area contributed by atoms with E-state index in [4.69, 9.17) is 0 Å². The lowest BCUT2D eigenvalue weighted by molar-refractivity contribution is 0.0893. The Labute approximate surface area is 143 Å². The zero-order valence-corrected chi connectivity index (χ0v) is 14.6. The van der Waals surface area contributed by atoms with Gasteiger partial charge in [0.1, 0.15) is 0 Å². The number of carbonyl (C=O) groups excluding carboxylic acids is 1. The first-order valence-electron chi connectivity index (χ1n) is 8.49. The lowest BCUT2D eigenvalue weighted by Gasteiger charge is -2.39. The van der Waals surface area contributed by atoms with E-state index >= 15 is 0 Å². The second-order valence-corrected chi connectivity index (χ2v) is 7.00. The van der Waals surface area contributed by atoms with E-state index in [-0.39, 0.29) is 5.91 Å². The molecule has 4 nitrogen and oxygen atoms in total. The summed E-state index contributed by atoms with van der Waals surface area (Å²) in [7, 11) is 4.23. The number of pyridine rings is 1. The summed E-state index contributed by atoms with van der Waals surface area (Å²) in [6.45, 7) is 2.81. The summed E-state index contributed by atoms with van der Waals surface area (Å²) in [5.74, 6) is 0.555. The maximum absolute atomic E-state index is 12.4. The van der Waals surface area contributed by atoms with Crippen molar-refractivity contribution in [2.45, 2.75) is 25.8 Å². The molecule has 1 saturated carbocycles. The average molecular weight is 323 g/mol. The molecule has 0 bridgehead atoms. The summed E-state index contributed by atoms with van der Waals surface area (Å²) in [5, 5.41) is 3.05. The molecule has 126 valence electrons. The van der Waals surface area contributed by atoms with Crippen molar-refractivity contribution >= 4 is 5.91 Å². The van der Waals surface area contributed by atoms with Gasteiger partial charge < -0.3 is 10.2 Å². The van der Waals surface area contributed by atoms with Crippen molar-refractivity contribution < 1.29 is 4.79 Å². The molecule has 0 radical (unpaired) electrons.